The van der Waals surface area contributed by atoms with Crippen LogP contribution in [-0.4, -0.2) is 60.7 Å². The Hall–Kier alpha value is -2.13. The number of nitrogens with two attached hydrogens (primary N) is 1. The molecule has 0 spiro atoms. The van der Waals surface area contributed by atoms with Gasteiger partial charge in [-0.25, -0.2) is 0 Å². The zero-order chi connectivity index (χ0) is 23.5. The Morgan fingerprint density at radius 1 is 1.31 bits per heavy atom. The lowest BCUT2D eigenvalue weighted by Gasteiger charge is -2.31. The first-order valence-corrected chi connectivity index (χ1v) is 11.8. The summed E-state index contributed by atoms with van der Waals surface area (Å²) in [4.78, 5) is 36.8. The number of fused-ring (bicyclic) bond motifs is 12. The molecule has 1 aliphatic carbocycles. The molecule has 2 bridgehead atoms. The van der Waals surface area contributed by atoms with Gasteiger partial charge < -0.3 is 31.5 Å². The van der Waals surface area contributed by atoms with Crippen LogP contribution in [0.1, 0.15) is 65.2 Å². The Morgan fingerprint density at radius 3 is 2.75 bits per heavy atom. The smallest absolute Gasteiger partial charge is 0.243 e. The predicted octanol–water partition coefficient (Wildman–Crippen LogP) is 0.713. The normalized spacial score (nSPS) is 26.2. The van der Waals surface area contributed by atoms with Crippen molar-refractivity contribution in [2.75, 3.05) is 19.7 Å². The van der Waals surface area contributed by atoms with Gasteiger partial charge in [0.25, 0.3) is 0 Å². The summed E-state index contributed by atoms with van der Waals surface area (Å²) >= 11 is 0. The first kappa shape index (κ1) is 26.1. The number of hydrogen-bond donors (Lipinski definition) is 5. The van der Waals surface area contributed by atoms with E-state index in [-0.39, 0.29) is 18.7 Å². The number of allylic oxidation sites excluding steroid dienone is 2. The molecule has 0 aromatic rings. The van der Waals surface area contributed by atoms with Crippen molar-refractivity contribution >= 4 is 17.7 Å². The zero-order valence-corrected chi connectivity index (χ0v) is 19.4. The second kappa shape index (κ2) is 13.4. The lowest BCUT2D eigenvalue weighted by atomic mass is 9.86. The molecule has 0 unspecified atom stereocenters. The van der Waals surface area contributed by atoms with Gasteiger partial charge in [0.05, 0.1) is 30.9 Å². The quantitative estimate of drug-likeness (QED) is 0.343. The molecule has 32 heavy (non-hydrogen) atoms. The van der Waals surface area contributed by atoms with E-state index in [1.807, 2.05) is 0 Å². The molecule has 3 amide bonds. The molecule has 3 aliphatic rings. The Kier molecular flexibility index (Phi) is 11.0. The number of rotatable bonds is 8. The molecule has 0 radical (unpaired) electrons. The molecule has 0 aromatic heterocycles. The van der Waals surface area contributed by atoms with Crippen molar-refractivity contribution in [3.8, 4) is 0 Å². The van der Waals surface area contributed by atoms with Crippen molar-refractivity contribution < 1.29 is 24.2 Å². The van der Waals surface area contributed by atoms with Crippen LogP contribution < -0.4 is 21.7 Å². The highest BCUT2D eigenvalue weighted by atomic mass is 16.5. The van der Waals surface area contributed by atoms with Crippen LogP contribution in [0.5, 0.6) is 0 Å². The highest BCUT2D eigenvalue weighted by Crippen LogP contribution is 2.28. The molecule has 4 atom stereocenters. The van der Waals surface area contributed by atoms with Gasteiger partial charge in [-0.2, -0.15) is 0 Å². The van der Waals surface area contributed by atoms with Crippen LogP contribution in [0.4, 0.5) is 0 Å². The molecular formula is C23H40N4O5. The van der Waals surface area contributed by atoms with E-state index in [0.29, 0.717) is 37.8 Å². The van der Waals surface area contributed by atoms with Crippen LogP contribution in [0.15, 0.2) is 11.8 Å². The highest BCUT2D eigenvalue weighted by molar-refractivity contribution is 5.91. The van der Waals surface area contributed by atoms with Crippen LogP contribution in [-0.2, 0) is 19.1 Å². The number of aliphatic hydroxyl groups is 1. The van der Waals surface area contributed by atoms with Gasteiger partial charge in [-0.05, 0) is 56.6 Å². The molecule has 182 valence electrons. The maximum atomic E-state index is 13.0. The van der Waals surface area contributed by atoms with Crippen molar-refractivity contribution in [3.05, 3.63) is 11.8 Å². The van der Waals surface area contributed by atoms with E-state index in [1.54, 1.807) is 0 Å². The molecule has 2 aliphatic heterocycles. The maximum absolute atomic E-state index is 13.0. The van der Waals surface area contributed by atoms with Gasteiger partial charge in [0, 0.05) is 19.4 Å². The molecule has 9 heteroatoms. The standard InChI is InChI=1S/C23H40N4O5/c1-15(2)9-10-25-14-20(28)18-12-16-5-7-17(8-6-16)32-11-3-4-22(30)26-19(13-21(24)29)23(31)27-18/h7,15-16,18-20,25,28H,3-6,8-14H2,1-2H3,(H2,24,29)(H,26,30)(H,27,31)/t16-,18-,19-,20+/m0/s1. The molecule has 0 saturated carbocycles. The van der Waals surface area contributed by atoms with Crippen LogP contribution in [0.2, 0.25) is 0 Å². The van der Waals surface area contributed by atoms with Crippen molar-refractivity contribution in [1.29, 1.82) is 0 Å². The van der Waals surface area contributed by atoms with Crippen LogP contribution in [0, 0.1) is 11.8 Å². The van der Waals surface area contributed by atoms with Gasteiger partial charge in [-0.3, -0.25) is 14.4 Å². The summed E-state index contributed by atoms with van der Waals surface area (Å²) < 4.78 is 5.79. The van der Waals surface area contributed by atoms with Crippen LogP contribution in [0.3, 0.4) is 0 Å². The van der Waals surface area contributed by atoms with E-state index in [0.717, 1.165) is 38.0 Å². The fourth-order valence-electron chi connectivity index (χ4n) is 4.06. The average Bonchev–Trinajstić information content (AvgIpc) is 2.73. The van der Waals surface area contributed by atoms with Crippen molar-refractivity contribution in [2.24, 2.45) is 17.6 Å². The molecule has 6 N–H and O–H groups in total. The van der Waals surface area contributed by atoms with E-state index in [9.17, 15) is 19.5 Å². The van der Waals surface area contributed by atoms with Gasteiger partial charge in [0.2, 0.25) is 17.7 Å². The number of hydrogen-bond acceptors (Lipinski definition) is 6. The summed E-state index contributed by atoms with van der Waals surface area (Å²) in [5.41, 5.74) is 5.31. The van der Waals surface area contributed by atoms with Gasteiger partial charge >= 0.3 is 0 Å². The van der Waals surface area contributed by atoms with Crippen LogP contribution in [0.25, 0.3) is 0 Å². The fraction of sp³-hybridized carbons (Fsp3) is 0.783. The van der Waals surface area contributed by atoms with Gasteiger partial charge in [0.15, 0.2) is 0 Å². The second-order valence-corrected chi connectivity index (χ2v) is 9.36. The number of aliphatic hydroxyl groups excluding tert-OH is 1. The number of ether oxygens (including phenoxy) is 1. The third kappa shape index (κ3) is 9.56. The third-order valence-corrected chi connectivity index (χ3v) is 6.00. The van der Waals surface area contributed by atoms with Gasteiger partial charge in [0.1, 0.15) is 6.04 Å². The third-order valence-electron chi connectivity index (χ3n) is 6.00. The minimum Gasteiger partial charge on any atom is -0.498 e. The fourth-order valence-corrected chi connectivity index (χ4v) is 4.06. The summed E-state index contributed by atoms with van der Waals surface area (Å²) in [5, 5.41) is 19.6. The molecule has 0 aromatic carbocycles. The van der Waals surface area contributed by atoms with Crippen molar-refractivity contribution in [3.63, 3.8) is 0 Å². The van der Waals surface area contributed by atoms with Gasteiger partial charge in [-0.15, -0.1) is 0 Å². The predicted molar refractivity (Wildman–Crippen MR) is 121 cm³/mol. The monoisotopic (exact) mass is 452 g/mol. The average molecular weight is 453 g/mol. The molecule has 9 nitrogen and oxygen atoms in total. The molecule has 2 heterocycles. The number of carbonyl (C=O) groups is 3. The first-order valence-electron chi connectivity index (χ1n) is 11.8. The van der Waals surface area contributed by atoms with Gasteiger partial charge in [-0.1, -0.05) is 13.8 Å². The van der Waals surface area contributed by atoms with Crippen molar-refractivity contribution in [1.82, 2.24) is 16.0 Å². The number of amides is 3. The minimum absolute atomic E-state index is 0.185. The summed E-state index contributed by atoms with van der Waals surface area (Å²) in [5.74, 6) is 0.286. The summed E-state index contributed by atoms with van der Waals surface area (Å²) in [6.45, 7) is 5.84. The Morgan fingerprint density at radius 2 is 2.09 bits per heavy atom. The van der Waals surface area contributed by atoms with Crippen LogP contribution >= 0.6 is 0 Å². The van der Waals surface area contributed by atoms with E-state index in [1.165, 1.54) is 0 Å². The minimum atomic E-state index is -1.06. The molecule has 1 fully saturated rings. The summed E-state index contributed by atoms with van der Waals surface area (Å²) in [6.07, 6.45) is 5.81. The maximum Gasteiger partial charge on any atom is 0.243 e. The summed E-state index contributed by atoms with van der Waals surface area (Å²) in [6, 6.07) is -1.57. The largest absolute Gasteiger partial charge is 0.498 e. The zero-order valence-electron chi connectivity index (χ0n) is 19.4. The van der Waals surface area contributed by atoms with E-state index < -0.39 is 30.0 Å². The van der Waals surface area contributed by atoms with E-state index in [2.05, 4.69) is 35.9 Å². The number of nitrogens with one attached hydrogen (secondary N) is 3. The highest BCUT2D eigenvalue weighted by Gasteiger charge is 2.30. The molecular weight excluding hydrogens is 412 g/mol. The Bertz CT molecular complexity index is 667. The molecule has 3 rings (SSSR count). The first-order chi connectivity index (χ1) is 15.2. The summed E-state index contributed by atoms with van der Waals surface area (Å²) in [7, 11) is 0. The number of primary amides is 1. The van der Waals surface area contributed by atoms with Crippen molar-refractivity contribution in [2.45, 2.75) is 83.4 Å². The second-order valence-electron chi connectivity index (χ2n) is 9.36. The van der Waals surface area contributed by atoms with E-state index in [4.69, 9.17) is 10.5 Å². The number of carbonyl (C=O) groups excluding carboxylic acids is 3. The Balaban J connectivity index is 2.13. The molecule has 1 saturated heterocycles. The lowest BCUT2D eigenvalue weighted by Crippen LogP contribution is -2.55. The topological polar surface area (TPSA) is 143 Å². The lowest BCUT2D eigenvalue weighted by molar-refractivity contribution is -0.132. The Labute approximate surface area is 190 Å². The van der Waals surface area contributed by atoms with E-state index >= 15 is 0 Å². The SMILES string of the molecule is CC(C)CCNC[C@@H](O)[C@@H]1C[C@H]2CC=C(CC2)OCCCC(=O)N[C@@H](CC(N)=O)C(=O)N1.